The number of nitrogens with zero attached hydrogens (tertiary/aromatic N) is 7. The Morgan fingerprint density at radius 3 is 2.73 bits per heavy atom. The van der Waals surface area contributed by atoms with E-state index < -0.39 is 12.0 Å². The molecule has 0 aliphatic carbocycles. The van der Waals surface area contributed by atoms with Crippen molar-refractivity contribution in [1.29, 1.82) is 0 Å². The van der Waals surface area contributed by atoms with Gasteiger partial charge in [0.15, 0.2) is 5.82 Å². The molecule has 0 spiro atoms. The summed E-state index contributed by atoms with van der Waals surface area (Å²) in [7, 11) is 1.88. The third-order valence-corrected chi connectivity index (χ3v) is 6.11. The van der Waals surface area contributed by atoms with E-state index in [1.807, 2.05) is 16.8 Å². The largest absolute Gasteiger partial charge is 0.451 e. The van der Waals surface area contributed by atoms with Gasteiger partial charge in [0, 0.05) is 38.1 Å². The van der Waals surface area contributed by atoms with Crippen LogP contribution in [0.1, 0.15) is 29.9 Å². The fourth-order valence-electron chi connectivity index (χ4n) is 3.57. The predicted octanol–water partition coefficient (Wildman–Crippen LogP) is 2.67. The molecule has 0 fully saturated rings. The molecule has 3 aromatic rings. The topological polar surface area (TPSA) is 89.0 Å². The molecule has 30 heavy (non-hydrogen) atoms. The molecule has 3 aromatic heterocycles. The molecule has 0 saturated carbocycles. The molecule has 162 valence electrons. The maximum atomic E-state index is 13.2. The molecule has 0 atom stereocenters. The van der Waals surface area contributed by atoms with Gasteiger partial charge >= 0.3 is 6.18 Å². The number of thiophene rings is 1. The SMILES string of the molecule is CCCc1cc2c(N3CCn4c(nnc4C(F)(F)F)C3)nc(N(C)CCN)nc2s1. The van der Waals surface area contributed by atoms with Gasteiger partial charge in [-0.3, -0.25) is 0 Å². The normalized spacial score (nSPS) is 14.4. The third kappa shape index (κ3) is 3.81. The molecule has 0 aromatic carbocycles. The van der Waals surface area contributed by atoms with Crippen molar-refractivity contribution in [3.8, 4) is 0 Å². The molecule has 4 rings (SSSR count). The van der Waals surface area contributed by atoms with Gasteiger partial charge in [0.05, 0.1) is 11.9 Å². The fourth-order valence-corrected chi connectivity index (χ4v) is 4.69. The van der Waals surface area contributed by atoms with Crippen LogP contribution in [-0.2, 0) is 25.7 Å². The molecule has 2 N–H and O–H groups in total. The van der Waals surface area contributed by atoms with Crippen molar-refractivity contribution in [1.82, 2.24) is 24.7 Å². The van der Waals surface area contributed by atoms with Crippen LogP contribution in [0.3, 0.4) is 0 Å². The Bertz CT molecular complexity index is 1040. The lowest BCUT2D eigenvalue weighted by Crippen LogP contribution is -2.36. The van der Waals surface area contributed by atoms with Crippen molar-refractivity contribution in [3.05, 3.63) is 22.6 Å². The minimum atomic E-state index is -4.52. The minimum absolute atomic E-state index is 0.141. The van der Waals surface area contributed by atoms with Crippen molar-refractivity contribution in [2.75, 3.05) is 36.5 Å². The van der Waals surface area contributed by atoms with E-state index in [2.05, 4.69) is 23.2 Å². The van der Waals surface area contributed by atoms with Crippen LogP contribution in [0.4, 0.5) is 24.9 Å². The van der Waals surface area contributed by atoms with Crippen LogP contribution >= 0.6 is 11.3 Å². The summed E-state index contributed by atoms with van der Waals surface area (Å²) in [6.45, 7) is 3.90. The van der Waals surface area contributed by atoms with E-state index in [4.69, 9.17) is 15.7 Å². The number of rotatable bonds is 6. The first-order valence-corrected chi connectivity index (χ1v) is 10.6. The smallest absolute Gasteiger partial charge is 0.347 e. The number of fused-ring (bicyclic) bond motifs is 2. The summed E-state index contributed by atoms with van der Waals surface area (Å²) in [5.74, 6) is 0.589. The van der Waals surface area contributed by atoms with E-state index in [-0.39, 0.29) is 18.9 Å². The van der Waals surface area contributed by atoms with E-state index >= 15 is 0 Å². The van der Waals surface area contributed by atoms with Crippen molar-refractivity contribution in [3.63, 3.8) is 0 Å². The van der Waals surface area contributed by atoms with Crippen LogP contribution in [0.5, 0.6) is 0 Å². The highest BCUT2D eigenvalue weighted by Gasteiger charge is 2.39. The van der Waals surface area contributed by atoms with Crippen molar-refractivity contribution in [2.24, 2.45) is 5.73 Å². The maximum absolute atomic E-state index is 13.2. The molecule has 12 heteroatoms. The van der Waals surface area contributed by atoms with E-state index in [1.54, 1.807) is 11.3 Å². The average Bonchev–Trinajstić information content (AvgIpc) is 3.30. The monoisotopic (exact) mass is 440 g/mol. The van der Waals surface area contributed by atoms with Gasteiger partial charge in [0.25, 0.3) is 0 Å². The molecule has 1 aliphatic heterocycles. The number of hydrogen-bond donors (Lipinski definition) is 1. The van der Waals surface area contributed by atoms with Crippen LogP contribution in [0, 0.1) is 0 Å². The molecule has 0 bridgehead atoms. The van der Waals surface area contributed by atoms with Gasteiger partial charge < -0.3 is 20.1 Å². The third-order valence-electron chi connectivity index (χ3n) is 5.02. The number of alkyl halides is 3. The highest BCUT2D eigenvalue weighted by molar-refractivity contribution is 7.18. The molecule has 8 nitrogen and oxygen atoms in total. The van der Waals surface area contributed by atoms with Crippen LogP contribution < -0.4 is 15.5 Å². The van der Waals surface area contributed by atoms with Crippen LogP contribution in [0.2, 0.25) is 0 Å². The van der Waals surface area contributed by atoms with Crippen LogP contribution in [0.15, 0.2) is 6.07 Å². The second-order valence-corrected chi connectivity index (χ2v) is 8.36. The number of aromatic nitrogens is 5. The quantitative estimate of drug-likeness (QED) is 0.630. The van der Waals surface area contributed by atoms with Crippen LogP contribution in [-0.4, -0.2) is 51.4 Å². The lowest BCUT2D eigenvalue weighted by molar-refractivity contribution is -0.147. The summed E-state index contributed by atoms with van der Waals surface area (Å²) in [6, 6.07) is 2.09. The van der Waals surface area contributed by atoms with Gasteiger partial charge in [-0.1, -0.05) is 13.3 Å². The van der Waals surface area contributed by atoms with Gasteiger partial charge in [-0.2, -0.15) is 18.2 Å². The summed E-state index contributed by atoms with van der Waals surface area (Å²) in [4.78, 5) is 15.4. The minimum Gasteiger partial charge on any atom is -0.347 e. The zero-order chi connectivity index (χ0) is 21.5. The molecule has 1 aliphatic rings. The lowest BCUT2D eigenvalue weighted by Gasteiger charge is -2.30. The Morgan fingerprint density at radius 2 is 2.03 bits per heavy atom. The molecule has 4 heterocycles. The summed E-state index contributed by atoms with van der Waals surface area (Å²) in [5, 5.41) is 8.06. The number of anilines is 2. The Kier molecular flexibility index (Phi) is 5.53. The zero-order valence-electron chi connectivity index (χ0n) is 16.8. The summed E-state index contributed by atoms with van der Waals surface area (Å²) in [5.41, 5.74) is 5.68. The standard InChI is InChI=1S/C18H23F3N8S/c1-3-4-11-9-12-14(23-17(24-15(12)30-11)27(2)6-5-22)28-7-8-29-13(10-28)25-26-16(29)18(19,20)21/h9H,3-8,10,22H2,1-2H3. The summed E-state index contributed by atoms with van der Waals surface area (Å²) < 4.78 is 40.6. The Labute approximate surface area is 175 Å². The second-order valence-electron chi connectivity index (χ2n) is 7.25. The molecular formula is C18H23F3N8S. The number of halogens is 3. The van der Waals surface area contributed by atoms with Crippen molar-refractivity contribution >= 4 is 33.3 Å². The number of aryl methyl sites for hydroxylation is 1. The summed E-state index contributed by atoms with van der Waals surface area (Å²) in [6.07, 6.45) is -2.56. The zero-order valence-corrected chi connectivity index (χ0v) is 17.6. The molecular weight excluding hydrogens is 417 g/mol. The van der Waals surface area contributed by atoms with Crippen molar-refractivity contribution in [2.45, 2.75) is 39.0 Å². The van der Waals surface area contributed by atoms with Crippen LogP contribution in [0.25, 0.3) is 10.2 Å². The Hall–Kier alpha value is -2.47. The highest BCUT2D eigenvalue weighted by Crippen LogP contribution is 2.35. The average molecular weight is 440 g/mol. The van der Waals surface area contributed by atoms with E-state index in [9.17, 15) is 13.2 Å². The first-order valence-electron chi connectivity index (χ1n) is 9.77. The Balaban J connectivity index is 1.74. The van der Waals surface area contributed by atoms with Crippen molar-refractivity contribution < 1.29 is 13.2 Å². The first-order chi connectivity index (χ1) is 14.3. The number of likely N-dealkylation sites (N-methyl/N-ethyl adjacent to an activating group) is 1. The molecule has 0 unspecified atom stereocenters. The predicted molar refractivity (Wildman–Crippen MR) is 110 cm³/mol. The highest BCUT2D eigenvalue weighted by atomic mass is 32.1. The van der Waals surface area contributed by atoms with E-state index in [0.29, 0.717) is 31.4 Å². The van der Waals surface area contributed by atoms with Gasteiger partial charge in [-0.15, -0.1) is 21.5 Å². The van der Waals surface area contributed by atoms with E-state index in [1.165, 1.54) is 4.88 Å². The fraction of sp³-hybridized carbons (Fsp3) is 0.556. The van der Waals surface area contributed by atoms with Gasteiger partial charge in [0.2, 0.25) is 11.8 Å². The summed E-state index contributed by atoms with van der Waals surface area (Å²) >= 11 is 1.63. The molecule has 0 saturated heterocycles. The van der Waals surface area contributed by atoms with Gasteiger partial charge in [-0.25, -0.2) is 4.98 Å². The van der Waals surface area contributed by atoms with Gasteiger partial charge in [0.1, 0.15) is 10.6 Å². The Morgan fingerprint density at radius 1 is 1.23 bits per heavy atom. The lowest BCUT2D eigenvalue weighted by atomic mass is 10.2. The first kappa shape index (κ1) is 20.8. The van der Waals surface area contributed by atoms with E-state index in [0.717, 1.165) is 27.6 Å². The molecule has 0 amide bonds. The second kappa shape index (κ2) is 7.99. The number of nitrogens with two attached hydrogens (primary N) is 1. The maximum Gasteiger partial charge on any atom is 0.451 e. The molecule has 0 radical (unpaired) electrons. The number of hydrogen-bond acceptors (Lipinski definition) is 8. The van der Waals surface area contributed by atoms with Gasteiger partial charge in [-0.05, 0) is 12.5 Å².